The van der Waals surface area contributed by atoms with Gasteiger partial charge in [0, 0.05) is 23.4 Å². The number of hydrogen-bond donors (Lipinski definition) is 1. The lowest BCUT2D eigenvalue weighted by molar-refractivity contribution is 0.0933. The molecule has 1 aliphatic carbocycles. The van der Waals surface area contributed by atoms with Crippen LogP contribution in [0.3, 0.4) is 0 Å². The van der Waals surface area contributed by atoms with E-state index in [1.807, 2.05) is 24.3 Å². The topological polar surface area (TPSA) is 29.1 Å². The number of alkyl halides is 1. The van der Waals surface area contributed by atoms with Crippen LogP contribution in [0.25, 0.3) is 0 Å². The van der Waals surface area contributed by atoms with Crippen molar-refractivity contribution in [3.05, 3.63) is 35.4 Å². The maximum absolute atomic E-state index is 12.6. The fourth-order valence-electron chi connectivity index (χ4n) is 3.18. The third kappa shape index (κ3) is 3.79. The standard InChI is InChI=1S/C18H26ClNO/c1-17(2,3)15-9-5-4-8-14(15)16(21)20-13-18(12-19)10-6-7-11-18/h4-5,8-9H,6-7,10-13H2,1-3H3,(H,20,21). The monoisotopic (exact) mass is 307 g/mol. The van der Waals surface area contributed by atoms with E-state index in [1.165, 1.54) is 12.8 Å². The van der Waals surface area contributed by atoms with Gasteiger partial charge in [0.25, 0.3) is 5.91 Å². The number of halogens is 1. The van der Waals surface area contributed by atoms with Crippen LogP contribution < -0.4 is 5.32 Å². The smallest absolute Gasteiger partial charge is 0.251 e. The molecule has 0 aliphatic heterocycles. The second-order valence-corrected chi connectivity index (χ2v) is 7.59. The van der Waals surface area contributed by atoms with E-state index in [1.54, 1.807) is 0 Å². The fourth-order valence-corrected chi connectivity index (χ4v) is 3.54. The van der Waals surface area contributed by atoms with Crippen LogP contribution in [0.15, 0.2) is 24.3 Å². The van der Waals surface area contributed by atoms with Crippen LogP contribution in [0.1, 0.15) is 62.4 Å². The molecule has 3 heteroatoms. The second-order valence-electron chi connectivity index (χ2n) is 7.32. The highest BCUT2D eigenvalue weighted by Gasteiger charge is 2.33. The van der Waals surface area contributed by atoms with Crippen molar-refractivity contribution in [2.75, 3.05) is 12.4 Å². The fraction of sp³-hybridized carbons (Fsp3) is 0.611. The zero-order valence-electron chi connectivity index (χ0n) is 13.3. The minimum absolute atomic E-state index is 0.0249. The molecule has 0 bridgehead atoms. The summed E-state index contributed by atoms with van der Waals surface area (Å²) in [5.41, 5.74) is 1.95. The Kier molecular flexibility index (Phi) is 4.98. The minimum atomic E-state index is -0.0362. The molecule has 0 saturated heterocycles. The van der Waals surface area contributed by atoms with Crippen molar-refractivity contribution in [3.8, 4) is 0 Å². The third-order valence-corrected chi connectivity index (χ3v) is 5.12. The normalized spacial score (nSPS) is 17.7. The Morgan fingerprint density at radius 3 is 2.43 bits per heavy atom. The number of amides is 1. The second kappa shape index (κ2) is 6.39. The summed E-state index contributed by atoms with van der Waals surface area (Å²) in [6.07, 6.45) is 4.69. The van der Waals surface area contributed by atoms with Crippen molar-refractivity contribution >= 4 is 17.5 Å². The number of carbonyl (C=O) groups excluding carboxylic acids is 1. The summed E-state index contributed by atoms with van der Waals surface area (Å²) in [5.74, 6) is 0.658. The summed E-state index contributed by atoms with van der Waals surface area (Å²) < 4.78 is 0. The quantitative estimate of drug-likeness (QED) is 0.815. The highest BCUT2D eigenvalue weighted by atomic mass is 35.5. The van der Waals surface area contributed by atoms with Crippen LogP contribution in [0.4, 0.5) is 0 Å². The minimum Gasteiger partial charge on any atom is -0.351 e. The lowest BCUT2D eigenvalue weighted by atomic mass is 9.83. The molecule has 1 fully saturated rings. The van der Waals surface area contributed by atoms with Crippen molar-refractivity contribution in [2.45, 2.75) is 51.9 Å². The van der Waals surface area contributed by atoms with E-state index >= 15 is 0 Å². The summed E-state index contributed by atoms with van der Waals surface area (Å²) in [7, 11) is 0. The Balaban J connectivity index is 2.11. The van der Waals surface area contributed by atoms with Gasteiger partial charge in [-0.3, -0.25) is 4.79 Å². The van der Waals surface area contributed by atoms with E-state index in [0.717, 1.165) is 24.0 Å². The number of benzene rings is 1. The number of carbonyl (C=O) groups is 1. The molecule has 0 radical (unpaired) electrons. The zero-order valence-corrected chi connectivity index (χ0v) is 14.1. The third-order valence-electron chi connectivity index (χ3n) is 4.55. The van der Waals surface area contributed by atoms with Crippen LogP contribution in [0.5, 0.6) is 0 Å². The lowest BCUT2D eigenvalue weighted by Gasteiger charge is -2.27. The number of rotatable bonds is 4. The van der Waals surface area contributed by atoms with Crippen LogP contribution in [0.2, 0.25) is 0 Å². The van der Waals surface area contributed by atoms with Crippen molar-refractivity contribution in [3.63, 3.8) is 0 Å². The predicted molar refractivity (Wildman–Crippen MR) is 89.1 cm³/mol. The molecular formula is C18H26ClNO. The summed E-state index contributed by atoms with van der Waals surface area (Å²) in [6, 6.07) is 7.88. The van der Waals surface area contributed by atoms with E-state index in [4.69, 9.17) is 11.6 Å². The van der Waals surface area contributed by atoms with Crippen LogP contribution in [-0.4, -0.2) is 18.3 Å². The van der Waals surface area contributed by atoms with Gasteiger partial charge in [-0.1, -0.05) is 51.8 Å². The summed E-state index contributed by atoms with van der Waals surface area (Å²) in [6.45, 7) is 7.09. The Labute approximate surface area is 133 Å². The molecule has 2 rings (SSSR count). The molecular weight excluding hydrogens is 282 g/mol. The van der Waals surface area contributed by atoms with E-state index in [9.17, 15) is 4.79 Å². The molecule has 0 heterocycles. The first-order chi connectivity index (χ1) is 9.88. The van der Waals surface area contributed by atoms with Crippen molar-refractivity contribution in [1.29, 1.82) is 0 Å². The predicted octanol–water partition coefficient (Wildman–Crippen LogP) is 4.51. The van der Waals surface area contributed by atoms with Gasteiger partial charge in [-0.2, -0.15) is 0 Å². The van der Waals surface area contributed by atoms with Gasteiger partial charge in [-0.25, -0.2) is 0 Å². The Morgan fingerprint density at radius 2 is 1.86 bits per heavy atom. The van der Waals surface area contributed by atoms with Crippen molar-refractivity contribution < 1.29 is 4.79 Å². The van der Waals surface area contributed by atoms with Crippen LogP contribution in [0, 0.1) is 5.41 Å². The first-order valence-corrected chi connectivity index (χ1v) is 8.35. The van der Waals surface area contributed by atoms with E-state index in [0.29, 0.717) is 12.4 Å². The molecule has 0 aromatic heterocycles. The summed E-state index contributed by atoms with van der Waals surface area (Å²) >= 11 is 6.15. The average molecular weight is 308 g/mol. The van der Waals surface area contributed by atoms with Gasteiger partial charge in [0.05, 0.1) is 0 Å². The Bertz CT molecular complexity index is 498. The molecule has 1 aliphatic rings. The number of hydrogen-bond acceptors (Lipinski definition) is 1. The number of nitrogens with one attached hydrogen (secondary N) is 1. The van der Waals surface area contributed by atoms with E-state index in [2.05, 4.69) is 26.1 Å². The molecule has 1 amide bonds. The highest BCUT2D eigenvalue weighted by molar-refractivity contribution is 6.18. The van der Waals surface area contributed by atoms with E-state index in [-0.39, 0.29) is 16.7 Å². The molecule has 0 spiro atoms. The maximum atomic E-state index is 12.6. The van der Waals surface area contributed by atoms with Crippen molar-refractivity contribution in [2.24, 2.45) is 5.41 Å². The highest BCUT2D eigenvalue weighted by Crippen LogP contribution is 2.38. The van der Waals surface area contributed by atoms with E-state index < -0.39 is 0 Å². The van der Waals surface area contributed by atoms with Crippen LogP contribution in [-0.2, 0) is 5.41 Å². The van der Waals surface area contributed by atoms with Gasteiger partial charge in [0.15, 0.2) is 0 Å². The summed E-state index contributed by atoms with van der Waals surface area (Å²) in [4.78, 5) is 12.6. The molecule has 0 atom stereocenters. The van der Waals surface area contributed by atoms with Gasteiger partial charge in [-0.05, 0) is 29.9 Å². The van der Waals surface area contributed by atoms with Crippen molar-refractivity contribution in [1.82, 2.24) is 5.32 Å². The van der Waals surface area contributed by atoms with Gasteiger partial charge in [0.2, 0.25) is 0 Å². The zero-order chi connectivity index (χ0) is 15.5. The molecule has 1 aromatic rings. The molecule has 21 heavy (non-hydrogen) atoms. The van der Waals surface area contributed by atoms with Gasteiger partial charge < -0.3 is 5.32 Å². The summed E-state index contributed by atoms with van der Waals surface area (Å²) in [5, 5.41) is 3.12. The average Bonchev–Trinajstić information content (AvgIpc) is 2.93. The van der Waals surface area contributed by atoms with Gasteiger partial charge in [0.1, 0.15) is 0 Å². The Hall–Kier alpha value is -1.02. The van der Waals surface area contributed by atoms with Crippen LogP contribution >= 0.6 is 11.6 Å². The molecule has 116 valence electrons. The molecule has 1 N–H and O–H groups in total. The molecule has 0 unspecified atom stereocenters. The largest absolute Gasteiger partial charge is 0.351 e. The lowest BCUT2D eigenvalue weighted by Crippen LogP contribution is -2.38. The Morgan fingerprint density at radius 1 is 1.24 bits per heavy atom. The van der Waals surface area contributed by atoms with Gasteiger partial charge >= 0.3 is 0 Å². The first kappa shape index (κ1) is 16.4. The molecule has 1 saturated carbocycles. The molecule has 2 nitrogen and oxygen atoms in total. The first-order valence-electron chi connectivity index (χ1n) is 7.82. The maximum Gasteiger partial charge on any atom is 0.251 e. The van der Waals surface area contributed by atoms with Gasteiger partial charge in [-0.15, -0.1) is 11.6 Å². The SMILES string of the molecule is CC(C)(C)c1ccccc1C(=O)NCC1(CCl)CCCC1. The molecule has 1 aromatic carbocycles.